The lowest BCUT2D eigenvalue weighted by atomic mass is 10.1. The van der Waals surface area contributed by atoms with Crippen molar-refractivity contribution in [1.29, 1.82) is 0 Å². The van der Waals surface area contributed by atoms with E-state index in [1.54, 1.807) is 30.6 Å². The van der Waals surface area contributed by atoms with Crippen LogP contribution in [0.1, 0.15) is 11.1 Å². The second-order valence-electron chi connectivity index (χ2n) is 6.88. The smallest absolute Gasteiger partial charge is 0.248 e. The van der Waals surface area contributed by atoms with Gasteiger partial charge in [0.2, 0.25) is 5.91 Å². The van der Waals surface area contributed by atoms with E-state index >= 15 is 0 Å². The molecule has 7 heteroatoms. The maximum absolute atomic E-state index is 12.6. The van der Waals surface area contributed by atoms with Gasteiger partial charge in [-0.25, -0.2) is 4.98 Å². The first-order chi connectivity index (χ1) is 15.2. The Hall–Kier alpha value is -4.26. The number of methoxy groups -OCH3 is 1. The standard InChI is InChI=1S/C24H20N4O3/c1-31-22-12-10-17(14-21(22)27-30)11-13-23(29)26-20-9-5-8-19-24(20)28(16-25-19)15-18-6-3-2-4-7-18/h2-14,16H,15H2,1H3,(H,26,29)/b13-11+. The van der Waals surface area contributed by atoms with Crippen LogP contribution in [0.3, 0.4) is 0 Å². The lowest BCUT2D eigenvalue weighted by molar-refractivity contribution is -0.111. The Kier molecular flexibility index (Phi) is 5.84. The summed E-state index contributed by atoms with van der Waals surface area (Å²) in [5.74, 6) is 0.0892. The summed E-state index contributed by atoms with van der Waals surface area (Å²) >= 11 is 0. The number of nitrogens with zero attached hydrogens (tertiary/aromatic N) is 3. The number of ether oxygens (including phenoxy) is 1. The molecule has 0 aliphatic rings. The predicted octanol–water partition coefficient (Wildman–Crippen LogP) is 5.14. The van der Waals surface area contributed by atoms with Crippen molar-refractivity contribution in [2.24, 2.45) is 5.18 Å². The third kappa shape index (κ3) is 4.51. The summed E-state index contributed by atoms with van der Waals surface area (Å²) in [6, 6.07) is 20.6. The molecule has 3 aromatic carbocycles. The lowest BCUT2D eigenvalue weighted by Crippen LogP contribution is -2.09. The molecular formula is C24H20N4O3. The number of benzene rings is 3. The SMILES string of the molecule is COc1ccc(/C=C/C(=O)Nc2cccc3ncn(Cc4ccccc4)c23)cc1N=O. The molecule has 4 aromatic rings. The summed E-state index contributed by atoms with van der Waals surface area (Å²) in [5, 5.41) is 5.87. The first-order valence-electron chi connectivity index (χ1n) is 9.66. The summed E-state index contributed by atoms with van der Waals surface area (Å²) in [6.07, 6.45) is 4.80. The van der Waals surface area contributed by atoms with E-state index in [9.17, 15) is 9.70 Å². The van der Waals surface area contributed by atoms with E-state index < -0.39 is 0 Å². The number of para-hydroxylation sites is 1. The fourth-order valence-corrected chi connectivity index (χ4v) is 3.36. The van der Waals surface area contributed by atoms with Gasteiger partial charge in [0.25, 0.3) is 0 Å². The van der Waals surface area contributed by atoms with Crippen molar-refractivity contribution in [3.63, 3.8) is 0 Å². The molecule has 4 rings (SSSR count). The zero-order valence-electron chi connectivity index (χ0n) is 16.9. The van der Waals surface area contributed by atoms with Crippen LogP contribution in [0.25, 0.3) is 17.1 Å². The fourth-order valence-electron chi connectivity index (χ4n) is 3.36. The molecule has 1 heterocycles. The highest BCUT2D eigenvalue weighted by molar-refractivity contribution is 6.06. The van der Waals surface area contributed by atoms with Crippen LogP contribution in [0.2, 0.25) is 0 Å². The van der Waals surface area contributed by atoms with Crippen LogP contribution in [0.4, 0.5) is 11.4 Å². The van der Waals surface area contributed by atoms with Gasteiger partial charge >= 0.3 is 0 Å². The summed E-state index contributed by atoms with van der Waals surface area (Å²) < 4.78 is 7.09. The fraction of sp³-hybridized carbons (Fsp3) is 0.0833. The highest BCUT2D eigenvalue weighted by atomic mass is 16.5. The molecule has 1 aromatic heterocycles. The number of hydrogen-bond acceptors (Lipinski definition) is 5. The minimum Gasteiger partial charge on any atom is -0.494 e. The number of hydrogen-bond donors (Lipinski definition) is 1. The van der Waals surface area contributed by atoms with Crippen LogP contribution < -0.4 is 10.1 Å². The molecule has 0 radical (unpaired) electrons. The van der Waals surface area contributed by atoms with Crippen LogP contribution in [-0.4, -0.2) is 22.6 Å². The third-order valence-corrected chi connectivity index (χ3v) is 4.82. The molecule has 0 aliphatic carbocycles. The maximum atomic E-state index is 12.6. The molecule has 1 amide bonds. The predicted molar refractivity (Wildman–Crippen MR) is 121 cm³/mol. The van der Waals surface area contributed by atoms with Gasteiger partial charge in [-0.05, 0) is 46.6 Å². The molecule has 0 atom stereocenters. The Morgan fingerprint density at radius 3 is 2.74 bits per heavy atom. The van der Waals surface area contributed by atoms with Crippen molar-refractivity contribution >= 4 is 34.4 Å². The number of fused-ring (bicyclic) bond motifs is 1. The van der Waals surface area contributed by atoms with Gasteiger partial charge in [0.1, 0.15) is 11.4 Å². The molecule has 154 valence electrons. The molecule has 0 bridgehead atoms. The van der Waals surface area contributed by atoms with Crippen molar-refractivity contribution in [3.05, 3.63) is 95.2 Å². The monoisotopic (exact) mass is 412 g/mol. The second-order valence-corrected chi connectivity index (χ2v) is 6.88. The number of rotatable bonds is 7. The average Bonchev–Trinajstić information content (AvgIpc) is 3.22. The minimum atomic E-state index is -0.295. The maximum Gasteiger partial charge on any atom is 0.248 e. The van der Waals surface area contributed by atoms with E-state index in [-0.39, 0.29) is 11.6 Å². The normalized spacial score (nSPS) is 11.0. The molecule has 0 spiro atoms. The Labute approximate surface area is 179 Å². The Morgan fingerprint density at radius 2 is 1.97 bits per heavy atom. The number of carbonyl (C=O) groups is 1. The number of nitroso groups, excluding NO2 is 1. The van der Waals surface area contributed by atoms with Gasteiger partial charge in [0.15, 0.2) is 0 Å². The molecule has 0 fully saturated rings. The number of carbonyl (C=O) groups excluding carboxylic acids is 1. The molecule has 0 aliphatic heterocycles. The van der Waals surface area contributed by atoms with E-state index in [0.717, 1.165) is 16.6 Å². The average molecular weight is 412 g/mol. The quantitative estimate of drug-likeness (QED) is 0.336. The number of imidazole rings is 1. The van der Waals surface area contributed by atoms with Crippen LogP contribution in [0.5, 0.6) is 5.75 Å². The first-order valence-corrected chi connectivity index (χ1v) is 9.66. The second kappa shape index (κ2) is 9.04. The highest BCUT2D eigenvalue weighted by Crippen LogP contribution is 2.28. The molecular weight excluding hydrogens is 392 g/mol. The number of nitrogens with one attached hydrogen (secondary N) is 1. The van der Waals surface area contributed by atoms with E-state index in [1.165, 1.54) is 13.2 Å². The van der Waals surface area contributed by atoms with Crippen LogP contribution in [0.15, 0.2) is 84.3 Å². The first kappa shape index (κ1) is 20.0. The molecule has 31 heavy (non-hydrogen) atoms. The summed E-state index contributed by atoms with van der Waals surface area (Å²) in [6.45, 7) is 0.646. The van der Waals surface area contributed by atoms with Gasteiger partial charge in [-0.2, -0.15) is 0 Å². The van der Waals surface area contributed by atoms with Gasteiger partial charge in [-0.1, -0.05) is 42.5 Å². The topological polar surface area (TPSA) is 85.6 Å². The van der Waals surface area contributed by atoms with E-state index in [2.05, 4.69) is 15.5 Å². The van der Waals surface area contributed by atoms with Gasteiger partial charge in [-0.15, -0.1) is 4.91 Å². The van der Waals surface area contributed by atoms with Gasteiger partial charge in [-0.3, -0.25) is 4.79 Å². The van der Waals surface area contributed by atoms with Crippen molar-refractivity contribution < 1.29 is 9.53 Å². The zero-order valence-corrected chi connectivity index (χ0v) is 16.9. The van der Waals surface area contributed by atoms with Crippen LogP contribution >= 0.6 is 0 Å². The van der Waals surface area contributed by atoms with Crippen LogP contribution in [-0.2, 0) is 11.3 Å². The molecule has 0 unspecified atom stereocenters. The van der Waals surface area contributed by atoms with Gasteiger partial charge in [0.05, 0.1) is 30.2 Å². The highest BCUT2D eigenvalue weighted by Gasteiger charge is 2.10. The van der Waals surface area contributed by atoms with E-state index in [4.69, 9.17) is 4.74 Å². The molecule has 0 saturated heterocycles. The summed E-state index contributed by atoms with van der Waals surface area (Å²) in [4.78, 5) is 28.0. The van der Waals surface area contributed by atoms with Gasteiger partial charge in [0, 0.05) is 12.6 Å². The lowest BCUT2D eigenvalue weighted by Gasteiger charge is -2.09. The molecule has 7 nitrogen and oxygen atoms in total. The van der Waals surface area contributed by atoms with Crippen molar-refractivity contribution in [2.75, 3.05) is 12.4 Å². The number of amides is 1. The summed E-state index contributed by atoms with van der Waals surface area (Å²) in [7, 11) is 1.47. The van der Waals surface area contributed by atoms with Crippen LogP contribution in [0, 0.1) is 4.91 Å². The molecule has 1 N–H and O–H groups in total. The van der Waals surface area contributed by atoms with Gasteiger partial charge < -0.3 is 14.6 Å². The molecule has 0 saturated carbocycles. The van der Waals surface area contributed by atoms with E-state index in [0.29, 0.717) is 23.5 Å². The summed E-state index contributed by atoms with van der Waals surface area (Å²) in [5.41, 5.74) is 4.31. The van der Waals surface area contributed by atoms with Crippen molar-refractivity contribution in [2.45, 2.75) is 6.54 Å². The zero-order chi connectivity index (χ0) is 21.6. The Balaban J connectivity index is 1.55. The van der Waals surface area contributed by atoms with Crippen molar-refractivity contribution in [3.8, 4) is 5.75 Å². The van der Waals surface area contributed by atoms with E-state index in [1.807, 2.05) is 53.1 Å². The van der Waals surface area contributed by atoms with Crippen molar-refractivity contribution in [1.82, 2.24) is 9.55 Å². The number of aromatic nitrogens is 2. The largest absolute Gasteiger partial charge is 0.494 e. The minimum absolute atomic E-state index is 0.180. The number of anilines is 1. The Morgan fingerprint density at radius 1 is 1.13 bits per heavy atom. The Bertz CT molecular complexity index is 1260. The third-order valence-electron chi connectivity index (χ3n) is 4.82.